The first-order valence-electron chi connectivity index (χ1n) is 6.87. The fourth-order valence-electron chi connectivity index (χ4n) is 2.55. The summed E-state index contributed by atoms with van der Waals surface area (Å²) in [5.74, 6) is 0. The maximum absolute atomic E-state index is 3.52. The SMILES string of the molecule is CC(C)(C)N1CC=CC2=C(C1)N(C(C)(C)C)NC2. The molecule has 0 saturated heterocycles. The zero-order chi connectivity index (χ0) is 13.6. The highest BCUT2D eigenvalue weighted by Crippen LogP contribution is 2.29. The van der Waals surface area contributed by atoms with Crippen LogP contribution in [0.3, 0.4) is 0 Å². The maximum atomic E-state index is 3.52. The molecule has 3 nitrogen and oxygen atoms in total. The highest BCUT2D eigenvalue weighted by atomic mass is 15.6. The summed E-state index contributed by atoms with van der Waals surface area (Å²) < 4.78 is 0. The van der Waals surface area contributed by atoms with E-state index in [4.69, 9.17) is 0 Å². The van der Waals surface area contributed by atoms with E-state index in [1.807, 2.05) is 0 Å². The zero-order valence-corrected chi connectivity index (χ0v) is 12.7. The molecule has 0 unspecified atom stereocenters. The molecule has 2 rings (SSSR count). The van der Waals surface area contributed by atoms with Crippen LogP contribution in [0.4, 0.5) is 0 Å². The van der Waals surface area contributed by atoms with Gasteiger partial charge in [-0.2, -0.15) is 0 Å². The van der Waals surface area contributed by atoms with Gasteiger partial charge in [-0.25, -0.2) is 5.43 Å². The largest absolute Gasteiger partial charge is 0.305 e. The van der Waals surface area contributed by atoms with Crippen molar-refractivity contribution in [3.63, 3.8) is 0 Å². The molecule has 2 heterocycles. The van der Waals surface area contributed by atoms with Crippen LogP contribution in [0.25, 0.3) is 0 Å². The molecule has 0 aromatic carbocycles. The van der Waals surface area contributed by atoms with Crippen molar-refractivity contribution in [3.05, 3.63) is 23.4 Å². The molecule has 2 aliphatic rings. The smallest absolute Gasteiger partial charge is 0.0486 e. The van der Waals surface area contributed by atoms with Gasteiger partial charge in [0.1, 0.15) is 0 Å². The zero-order valence-electron chi connectivity index (χ0n) is 12.7. The highest BCUT2D eigenvalue weighted by Gasteiger charge is 2.33. The third kappa shape index (κ3) is 2.62. The Bertz CT molecular complexity index is 380. The van der Waals surface area contributed by atoms with Gasteiger partial charge in [-0.05, 0) is 47.1 Å². The van der Waals surface area contributed by atoms with Gasteiger partial charge in [-0.1, -0.05) is 12.2 Å². The van der Waals surface area contributed by atoms with Crippen LogP contribution in [-0.4, -0.2) is 40.6 Å². The first kappa shape index (κ1) is 13.6. The number of nitrogens with zero attached hydrogens (tertiary/aromatic N) is 2. The molecule has 2 aliphatic heterocycles. The predicted octanol–water partition coefficient (Wildman–Crippen LogP) is 2.53. The Hall–Kier alpha value is -0.800. The molecule has 102 valence electrons. The van der Waals surface area contributed by atoms with Gasteiger partial charge in [0, 0.05) is 36.4 Å². The van der Waals surface area contributed by atoms with Crippen molar-refractivity contribution >= 4 is 0 Å². The summed E-state index contributed by atoms with van der Waals surface area (Å²) in [4.78, 5) is 2.53. The van der Waals surface area contributed by atoms with Crippen molar-refractivity contribution in [2.75, 3.05) is 19.6 Å². The number of nitrogens with one attached hydrogen (secondary N) is 1. The molecule has 0 radical (unpaired) electrons. The molecule has 18 heavy (non-hydrogen) atoms. The average molecular weight is 249 g/mol. The molecule has 0 bridgehead atoms. The van der Waals surface area contributed by atoms with Gasteiger partial charge in [-0.15, -0.1) is 0 Å². The van der Waals surface area contributed by atoms with Gasteiger partial charge in [0.15, 0.2) is 0 Å². The van der Waals surface area contributed by atoms with Gasteiger partial charge in [0.25, 0.3) is 0 Å². The molecule has 0 fully saturated rings. The number of hydrazine groups is 1. The van der Waals surface area contributed by atoms with E-state index in [2.05, 4.69) is 69.0 Å². The third-order valence-corrected chi connectivity index (χ3v) is 3.67. The Morgan fingerprint density at radius 2 is 1.72 bits per heavy atom. The van der Waals surface area contributed by atoms with Crippen molar-refractivity contribution < 1.29 is 0 Å². The van der Waals surface area contributed by atoms with E-state index >= 15 is 0 Å². The third-order valence-electron chi connectivity index (χ3n) is 3.67. The normalized spacial score (nSPS) is 22.4. The van der Waals surface area contributed by atoms with Crippen LogP contribution >= 0.6 is 0 Å². The predicted molar refractivity (Wildman–Crippen MR) is 77.1 cm³/mol. The lowest BCUT2D eigenvalue weighted by Crippen LogP contribution is -2.50. The summed E-state index contributed by atoms with van der Waals surface area (Å²) in [6.45, 7) is 16.7. The molecule has 0 spiro atoms. The van der Waals surface area contributed by atoms with Crippen LogP contribution in [-0.2, 0) is 0 Å². The lowest BCUT2D eigenvalue weighted by atomic mass is 10.0. The maximum Gasteiger partial charge on any atom is 0.0486 e. The van der Waals surface area contributed by atoms with Crippen molar-refractivity contribution in [2.24, 2.45) is 0 Å². The van der Waals surface area contributed by atoms with E-state index in [0.717, 1.165) is 19.6 Å². The van der Waals surface area contributed by atoms with Crippen LogP contribution in [0.5, 0.6) is 0 Å². The minimum Gasteiger partial charge on any atom is -0.305 e. The van der Waals surface area contributed by atoms with Crippen molar-refractivity contribution in [3.8, 4) is 0 Å². The molecular weight excluding hydrogens is 222 g/mol. The Kier molecular flexibility index (Phi) is 3.32. The second kappa shape index (κ2) is 4.39. The fraction of sp³-hybridized carbons (Fsp3) is 0.733. The quantitative estimate of drug-likeness (QED) is 0.712. The van der Waals surface area contributed by atoms with Crippen molar-refractivity contribution in [2.45, 2.75) is 52.6 Å². The van der Waals surface area contributed by atoms with E-state index < -0.39 is 0 Å². The van der Waals surface area contributed by atoms with E-state index in [1.54, 1.807) is 0 Å². The monoisotopic (exact) mass is 249 g/mol. The summed E-state index contributed by atoms with van der Waals surface area (Å²) in [6.07, 6.45) is 4.58. The molecule has 0 aromatic heterocycles. The van der Waals surface area contributed by atoms with Crippen LogP contribution in [0.2, 0.25) is 0 Å². The minimum atomic E-state index is 0.124. The lowest BCUT2D eigenvalue weighted by Gasteiger charge is -2.40. The van der Waals surface area contributed by atoms with Crippen molar-refractivity contribution in [1.29, 1.82) is 0 Å². The van der Waals surface area contributed by atoms with Gasteiger partial charge in [-0.3, -0.25) is 4.90 Å². The Morgan fingerprint density at radius 3 is 2.28 bits per heavy atom. The Balaban J connectivity index is 2.28. The number of hydrogen-bond acceptors (Lipinski definition) is 3. The second-order valence-electron chi connectivity index (χ2n) is 7.27. The molecule has 0 amide bonds. The Labute approximate surface area is 111 Å². The second-order valence-corrected chi connectivity index (χ2v) is 7.27. The topological polar surface area (TPSA) is 18.5 Å². The summed E-state index contributed by atoms with van der Waals surface area (Å²) >= 11 is 0. The van der Waals surface area contributed by atoms with E-state index in [1.165, 1.54) is 11.3 Å². The first-order chi connectivity index (χ1) is 8.19. The summed E-state index contributed by atoms with van der Waals surface area (Å²) in [7, 11) is 0. The molecule has 0 atom stereocenters. The van der Waals surface area contributed by atoms with Crippen LogP contribution in [0.15, 0.2) is 23.4 Å². The van der Waals surface area contributed by atoms with Gasteiger partial charge < -0.3 is 5.01 Å². The van der Waals surface area contributed by atoms with Gasteiger partial charge in [0.05, 0.1) is 0 Å². The molecule has 0 saturated carbocycles. The summed E-state index contributed by atoms with van der Waals surface area (Å²) in [5, 5.41) is 2.34. The van der Waals surface area contributed by atoms with Gasteiger partial charge in [0.2, 0.25) is 0 Å². The highest BCUT2D eigenvalue weighted by molar-refractivity contribution is 5.33. The average Bonchev–Trinajstić information content (AvgIpc) is 2.47. The first-order valence-corrected chi connectivity index (χ1v) is 6.87. The van der Waals surface area contributed by atoms with Crippen LogP contribution < -0.4 is 5.43 Å². The molecule has 3 heteroatoms. The molecule has 0 aromatic rings. The van der Waals surface area contributed by atoms with Gasteiger partial charge >= 0.3 is 0 Å². The van der Waals surface area contributed by atoms with Crippen LogP contribution in [0.1, 0.15) is 41.5 Å². The van der Waals surface area contributed by atoms with Crippen molar-refractivity contribution in [1.82, 2.24) is 15.3 Å². The standard InChI is InChI=1S/C15H27N3/c1-14(2,3)17-9-7-8-12-10-16-18(13(12)11-17)15(4,5)6/h7-8,16H,9-11H2,1-6H3. The minimum absolute atomic E-state index is 0.124. The summed E-state index contributed by atoms with van der Waals surface area (Å²) in [6, 6.07) is 0. The fourth-order valence-corrected chi connectivity index (χ4v) is 2.55. The van der Waals surface area contributed by atoms with E-state index in [9.17, 15) is 0 Å². The van der Waals surface area contributed by atoms with E-state index in [0.29, 0.717) is 0 Å². The Morgan fingerprint density at radius 1 is 1.06 bits per heavy atom. The molecular formula is C15H27N3. The number of hydrogen-bond donors (Lipinski definition) is 1. The lowest BCUT2D eigenvalue weighted by molar-refractivity contribution is 0.102. The number of rotatable bonds is 0. The molecule has 1 N–H and O–H groups in total. The molecule has 0 aliphatic carbocycles. The van der Waals surface area contributed by atoms with Crippen LogP contribution in [0, 0.1) is 0 Å². The van der Waals surface area contributed by atoms with E-state index in [-0.39, 0.29) is 11.1 Å². The summed E-state index contributed by atoms with van der Waals surface area (Å²) in [5.41, 5.74) is 6.73.